The molecule has 1 atom stereocenters. The first-order chi connectivity index (χ1) is 9.24. The molecular formula is C16H15BrFN. The van der Waals surface area contributed by atoms with Crippen LogP contribution >= 0.6 is 15.9 Å². The summed E-state index contributed by atoms with van der Waals surface area (Å²) in [6.45, 7) is 0. The minimum Gasteiger partial charge on any atom is -0.377 e. The number of rotatable bonds is 4. The Morgan fingerprint density at radius 2 is 1.84 bits per heavy atom. The van der Waals surface area contributed by atoms with Gasteiger partial charge in [-0.25, -0.2) is 4.39 Å². The fourth-order valence-electron chi connectivity index (χ4n) is 2.34. The summed E-state index contributed by atoms with van der Waals surface area (Å²) >= 11 is 3.47. The highest BCUT2D eigenvalue weighted by atomic mass is 79.9. The molecule has 0 aliphatic heterocycles. The van der Waals surface area contributed by atoms with Crippen LogP contribution in [0.15, 0.2) is 53.0 Å². The highest BCUT2D eigenvalue weighted by Gasteiger charge is 2.32. The van der Waals surface area contributed by atoms with Crippen molar-refractivity contribution in [2.75, 3.05) is 5.32 Å². The third kappa shape index (κ3) is 2.98. The van der Waals surface area contributed by atoms with E-state index in [1.54, 1.807) is 12.1 Å². The lowest BCUT2D eigenvalue weighted by molar-refractivity contribution is 0.625. The quantitative estimate of drug-likeness (QED) is 0.821. The van der Waals surface area contributed by atoms with Gasteiger partial charge in [-0.2, -0.15) is 0 Å². The molecule has 2 aromatic carbocycles. The second kappa shape index (κ2) is 5.33. The summed E-state index contributed by atoms with van der Waals surface area (Å²) in [7, 11) is 0. The first kappa shape index (κ1) is 12.7. The van der Waals surface area contributed by atoms with Gasteiger partial charge in [0.05, 0.1) is 11.7 Å². The van der Waals surface area contributed by atoms with Crippen molar-refractivity contribution in [1.29, 1.82) is 0 Å². The standard InChI is InChI=1S/C16H15BrFN/c17-14-9-8-13(18)10-15(14)19-16(12-6-7-12)11-4-2-1-3-5-11/h1-5,8-10,12,16,19H,6-7H2. The fourth-order valence-corrected chi connectivity index (χ4v) is 2.70. The van der Waals surface area contributed by atoms with Gasteiger partial charge in [0.25, 0.3) is 0 Å². The first-order valence-corrected chi connectivity index (χ1v) is 7.30. The average molecular weight is 320 g/mol. The summed E-state index contributed by atoms with van der Waals surface area (Å²) in [5.41, 5.74) is 2.09. The Bertz CT molecular complexity index is 566. The molecule has 1 N–H and O–H groups in total. The molecule has 1 nitrogen and oxygen atoms in total. The minimum absolute atomic E-state index is 0.215. The molecule has 0 bridgehead atoms. The molecule has 0 aromatic heterocycles. The molecule has 3 rings (SSSR count). The van der Waals surface area contributed by atoms with Crippen LogP contribution in [0.25, 0.3) is 0 Å². The molecule has 0 amide bonds. The van der Waals surface area contributed by atoms with E-state index in [1.807, 2.05) is 18.2 Å². The Balaban J connectivity index is 1.88. The zero-order valence-electron chi connectivity index (χ0n) is 10.4. The van der Waals surface area contributed by atoms with Gasteiger partial charge < -0.3 is 5.32 Å². The maximum Gasteiger partial charge on any atom is 0.125 e. The van der Waals surface area contributed by atoms with Crippen LogP contribution in [0.1, 0.15) is 24.4 Å². The Kier molecular flexibility index (Phi) is 3.56. The van der Waals surface area contributed by atoms with Crippen molar-refractivity contribution in [2.24, 2.45) is 5.92 Å². The molecule has 1 aliphatic rings. The van der Waals surface area contributed by atoms with Crippen LogP contribution in [-0.4, -0.2) is 0 Å². The molecule has 0 heterocycles. The number of halogens is 2. The van der Waals surface area contributed by atoms with Crippen molar-refractivity contribution in [3.8, 4) is 0 Å². The highest BCUT2D eigenvalue weighted by Crippen LogP contribution is 2.43. The zero-order chi connectivity index (χ0) is 13.2. The van der Waals surface area contributed by atoms with Crippen molar-refractivity contribution < 1.29 is 4.39 Å². The van der Waals surface area contributed by atoms with E-state index < -0.39 is 0 Å². The molecule has 0 spiro atoms. The molecule has 0 saturated heterocycles. The Morgan fingerprint density at radius 3 is 2.53 bits per heavy atom. The normalized spacial score (nSPS) is 16.1. The molecule has 1 unspecified atom stereocenters. The Labute approximate surface area is 121 Å². The molecule has 98 valence electrons. The molecule has 2 aromatic rings. The molecule has 3 heteroatoms. The molecule has 1 fully saturated rings. The summed E-state index contributed by atoms with van der Waals surface area (Å²) in [6.07, 6.45) is 2.47. The third-order valence-corrected chi connectivity index (χ3v) is 4.18. The van der Waals surface area contributed by atoms with Crippen LogP contribution in [0.2, 0.25) is 0 Å². The predicted octanol–water partition coefficient (Wildman–Crippen LogP) is 5.15. The smallest absolute Gasteiger partial charge is 0.125 e. The van der Waals surface area contributed by atoms with Gasteiger partial charge in [-0.1, -0.05) is 30.3 Å². The second-order valence-corrected chi connectivity index (χ2v) is 5.85. The average Bonchev–Trinajstić information content (AvgIpc) is 3.25. The maximum absolute atomic E-state index is 13.4. The monoisotopic (exact) mass is 319 g/mol. The van der Waals surface area contributed by atoms with Crippen LogP contribution in [0.5, 0.6) is 0 Å². The van der Waals surface area contributed by atoms with E-state index in [4.69, 9.17) is 0 Å². The van der Waals surface area contributed by atoms with E-state index in [9.17, 15) is 4.39 Å². The summed E-state index contributed by atoms with van der Waals surface area (Å²) in [6, 6.07) is 15.4. The maximum atomic E-state index is 13.4. The summed E-state index contributed by atoms with van der Waals surface area (Å²) in [5.74, 6) is 0.436. The van der Waals surface area contributed by atoms with Crippen LogP contribution in [0.4, 0.5) is 10.1 Å². The van der Waals surface area contributed by atoms with Crippen LogP contribution in [0, 0.1) is 11.7 Å². The number of benzene rings is 2. The van der Waals surface area contributed by atoms with E-state index in [2.05, 4.69) is 33.4 Å². The van der Waals surface area contributed by atoms with Crippen LogP contribution < -0.4 is 5.32 Å². The van der Waals surface area contributed by atoms with Crippen LogP contribution in [0.3, 0.4) is 0 Å². The van der Waals surface area contributed by atoms with Crippen molar-refractivity contribution in [3.63, 3.8) is 0 Å². The summed E-state index contributed by atoms with van der Waals surface area (Å²) in [5, 5.41) is 3.48. The highest BCUT2D eigenvalue weighted by molar-refractivity contribution is 9.10. The molecular weight excluding hydrogens is 305 g/mol. The molecule has 0 radical (unpaired) electrons. The van der Waals surface area contributed by atoms with E-state index in [-0.39, 0.29) is 11.9 Å². The minimum atomic E-state index is -0.215. The topological polar surface area (TPSA) is 12.0 Å². The SMILES string of the molecule is Fc1ccc(Br)c(NC(c2ccccc2)C2CC2)c1. The van der Waals surface area contributed by atoms with Crippen molar-refractivity contribution >= 4 is 21.6 Å². The Hall–Kier alpha value is -1.35. The van der Waals surface area contributed by atoms with E-state index in [0.717, 1.165) is 10.2 Å². The van der Waals surface area contributed by atoms with Gasteiger partial charge in [-0.05, 0) is 58.5 Å². The first-order valence-electron chi connectivity index (χ1n) is 6.50. The fraction of sp³-hybridized carbons (Fsp3) is 0.250. The van der Waals surface area contributed by atoms with Gasteiger partial charge >= 0.3 is 0 Å². The van der Waals surface area contributed by atoms with Gasteiger partial charge in [0.15, 0.2) is 0 Å². The number of anilines is 1. The summed E-state index contributed by atoms with van der Waals surface area (Å²) < 4.78 is 14.3. The number of nitrogens with one attached hydrogen (secondary N) is 1. The predicted molar refractivity (Wildman–Crippen MR) is 79.6 cm³/mol. The summed E-state index contributed by atoms with van der Waals surface area (Å²) in [4.78, 5) is 0. The van der Waals surface area contributed by atoms with Gasteiger partial charge in [0.1, 0.15) is 5.82 Å². The van der Waals surface area contributed by atoms with Gasteiger partial charge in [-0.3, -0.25) is 0 Å². The van der Waals surface area contributed by atoms with Gasteiger partial charge in [0, 0.05) is 4.47 Å². The van der Waals surface area contributed by atoms with Crippen molar-refractivity contribution in [2.45, 2.75) is 18.9 Å². The van der Waals surface area contributed by atoms with Crippen molar-refractivity contribution in [1.82, 2.24) is 0 Å². The van der Waals surface area contributed by atoms with E-state index >= 15 is 0 Å². The zero-order valence-corrected chi connectivity index (χ0v) is 12.0. The van der Waals surface area contributed by atoms with E-state index in [1.165, 1.54) is 24.5 Å². The molecule has 1 saturated carbocycles. The van der Waals surface area contributed by atoms with Gasteiger partial charge in [0.2, 0.25) is 0 Å². The number of hydrogen-bond acceptors (Lipinski definition) is 1. The van der Waals surface area contributed by atoms with Crippen LogP contribution in [-0.2, 0) is 0 Å². The lowest BCUT2D eigenvalue weighted by Gasteiger charge is -2.21. The van der Waals surface area contributed by atoms with E-state index in [0.29, 0.717) is 5.92 Å². The Morgan fingerprint density at radius 1 is 1.11 bits per heavy atom. The lowest BCUT2D eigenvalue weighted by atomic mass is 10.0. The molecule has 19 heavy (non-hydrogen) atoms. The largest absolute Gasteiger partial charge is 0.377 e. The molecule has 1 aliphatic carbocycles. The van der Waals surface area contributed by atoms with Gasteiger partial charge in [-0.15, -0.1) is 0 Å². The second-order valence-electron chi connectivity index (χ2n) is 4.99. The van der Waals surface area contributed by atoms with Crippen molar-refractivity contribution in [3.05, 3.63) is 64.4 Å². The number of hydrogen-bond donors (Lipinski definition) is 1. The lowest BCUT2D eigenvalue weighted by Crippen LogP contribution is -2.13. The third-order valence-electron chi connectivity index (χ3n) is 3.49.